The monoisotopic (exact) mass is 356 g/mol. The van der Waals surface area contributed by atoms with E-state index in [1.807, 2.05) is 28.9 Å². The Kier molecular flexibility index (Phi) is 4.26. The molecule has 3 aromatic heterocycles. The van der Waals surface area contributed by atoms with Gasteiger partial charge in [-0.1, -0.05) is 19.0 Å². The van der Waals surface area contributed by atoms with E-state index >= 15 is 0 Å². The Bertz CT molecular complexity index is 921. The smallest absolute Gasteiger partial charge is 0.259 e. The Morgan fingerprint density at radius 2 is 2.23 bits per heavy atom. The zero-order chi connectivity index (χ0) is 18.3. The van der Waals surface area contributed by atoms with Crippen LogP contribution in [0.2, 0.25) is 0 Å². The SMILES string of the molecule is CC(C)Cc1noc(C2CCCN(C(=O)c3cnn4ccn(C)c34)C2)n1. The van der Waals surface area contributed by atoms with Crippen LogP contribution in [0.25, 0.3) is 5.65 Å². The van der Waals surface area contributed by atoms with Crippen molar-refractivity contribution in [3.63, 3.8) is 0 Å². The largest absolute Gasteiger partial charge is 0.339 e. The zero-order valence-electron chi connectivity index (χ0n) is 15.4. The first-order chi connectivity index (χ1) is 12.5. The summed E-state index contributed by atoms with van der Waals surface area (Å²) in [5, 5.41) is 8.36. The number of fused-ring (bicyclic) bond motifs is 1. The highest BCUT2D eigenvalue weighted by atomic mass is 16.5. The van der Waals surface area contributed by atoms with Gasteiger partial charge in [-0.15, -0.1) is 0 Å². The third-order valence-corrected chi connectivity index (χ3v) is 4.90. The summed E-state index contributed by atoms with van der Waals surface area (Å²) in [7, 11) is 1.92. The lowest BCUT2D eigenvalue weighted by atomic mass is 9.97. The zero-order valence-corrected chi connectivity index (χ0v) is 15.4. The van der Waals surface area contributed by atoms with Crippen LogP contribution in [0, 0.1) is 5.92 Å². The number of nitrogens with zero attached hydrogens (tertiary/aromatic N) is 6. The molecule has 26 heavy (non-hydrogen) atoms. The summed E-state index contributed by atoms with van der Waals surface area (Å²) in [4.78, 5) is 19.5. The summed E-state index contributed by atoms with van der Waals surface area (Å²) in [5.41, 5.74) is 1.44. The topological polar surface area (TPSA) is 81.5 Å². The van der Waals surface area contributed by atoms with Gasteiger partial charge < -0.3 is 14.0 Å². The molecule has 0 spiro atoms. The molecule has 1 aliphatic heterocycles. The summed E-state index contributed by atoms with van der Waals surface area (Å²) in [5.74, 6) is 1.99. The minimum atomic E-state index is 0.00780. The van der Waals surface area contributed by atoms with Gasteiger partial charge in [-0.2, -0.15) is 10.1 Å². The third-order valence-electron chi connectivity index (χ3n) is 4.90. The van der Waals surface area contributed by atoms with Crippen LogP contribution >= 0.6 is 0 Å². The summed E-state index contributed by atoms with van der Waals surface area (Å²) >= 11 is 0. The van der Waals surface area contributed by atoms with E-state index in [1.165, 1.54) is 0 Å². The van der Waals surface area contributed by atoms with Crippen molar-refractivity contribution in [1.82, 2.24) is 29.2 Å². The molecule has 1 unspecified atom stereocenters. The number of piperidine rings is 1. The van der Waals surface area contributed by atoms with Crippen molar-refractivity contribution in [2.75, 3.05) is 13.1 Å². The van der Waals surface area contributed by atoms with E-state index in [2.05, 4.69) is 29.1 Å². The van der Waals surface area contributed by atoms with Crippen molar-refractivity contribution in [2.45, 2.75) is 39.0 Å². The molecule has 1 atom stereocenters. The molecule has 1 amide bonds. The molecule has 4 heterocycles. The number of rotatable bonds is 4. The van der Waals surface area contributed by atoms with Crippen LogP contribution in [0.5, 0.6) is 0 Å². The van der Waals surface area contributed by atoms with E-state index < -0.39 is 0 Å². The predicted octanol–water partition coefficient (Wildman–Crippen LogP) is 2.27. The molecule has 0 N–H and O–H groups in total. The lowest BCUT2D eigenvalue weighted by Crippen LogP contribution is -2.39. The maximum Gasteiger partial charge on any atom is 0.259 e. The van der Waals surface area contributed by atoms with Crippen molar-refractivity contribution in [3.05, 3.63) is 35.9 Å². The van der Waals surface area contributed by atoms with Crippen molar-refractivity contribution in [2.24, 2.45) is 13.0 Å². The van der Waals surface area contributed by atoms with Gasteiger partial charge in [0.1, 0.15) is 11.2 Å². The molecule has 4 rings (SSSR count). The number of aromatic nitrogens is 5. The van der Waals surface area contributed by atoms with Crippen LogP contribution in [-0.4, -0.2) is 48.2 Å². The molecule has 8 nitrogen and oxygen atoms in total. The highest BCUT2D eigenvalue weighted by Gasteiger charge is 2.30. The van der Waals surface area contributed by atoms with E-state index in [4.69, 9.17) is 4.52 Å². The Morgan fingerprint density at radius 3 is 3.04 bits per heavy atom. The number of amides is 1. The van der Waals surface area contributed by atoms with Crippen molar-refractivity contribution >= 4 is 11.6 Å². The minimum Gasteiger partial charge on any atom is -0.339 e. The van der Waals surface area contributed by atoms with Crippen molar-refractivity contribution < 1.29 is 9.32 Å². The molecule has 3 aromatic rings. The average Bonchev–Trinajstić information content (AvgIpc) is 3.32. The first-order valence-corrected chi connectivity index (χ1v) is 9.13. The summed E-state index contributed by atoms with van der Waals surface area (Å²) in [6.07, 6.45) is 8.08. The highest BCUT2D eigenvalue weighted by Crippen LogP contribution is 2.27. The molecule has 0 bridgehead atoms. The Labute approximate surface area is 151 Å². The summed E-state index contributed by atoms with van der Waals surface area (Å²) in [6.45, 7) is 5.61. The van der Waals surface area contributed by atoms with Crippen LogP contribution in [0.4, 0.5) is 0 Å². The van der Waals surface area contributed by atoms with Gasteiger partial charge in [0.25, 0.3) is 5.91 Å². The van der Waals surface area contributed by atoms with Crippen LogP contribution in [0.3, 0.4) is 0 Å². The van der Waals surface area contributed by atoms with Gasteiger partial charge in [-0.3, -0.25) is 4.79 Å². The second kappa shape index (κ2) is 6.59. The fourth-order valence-corrected chi connectivity index (χ4v) is 3.62. The molecule has 138 valence electrons. The number of likely N-dealkylation sites (tertiary alicyclic amines) is 1. The lowest BCUT2D eigenvalue weighted by Gasteiger charge is -2.30. The van der Waals surface area contributed by atoms with Crippen molar-refractivity contribution in [3.8, 4) is 0 Å². The van der Waals surface area contributed by atoms with Gasteiger partial charge in [0, 0.05) is 39.0 Å². The van der Waals surface area contributed by atoms with Gasteiger partial charge in [-0.05, 0) is 18.8 Å². The van der Waals surface area contributed by atoms with E-state index in [1.54, 1.807) is 10.7 Å². The predicted molar refractivity (Wildman–Crippen MR) is 94.9 cm³/mol. The summed E-state index contributed by atoms with van der Waals surface area (Å²) < 4.78 is 9.12. The molecule has 0 radical (unpaired) electrons. The molecule has 0 aliphatic carbocycles. The van der Waals surface area contributed by atoms with Crippen LogP contribution in [0.15, 0.2) is 23.1 Å². The standard InChI is InChI=1S/C18H24N6O2/c1-12(2)9-15-20-16(26-21-15)13-5-4-6-23(11-13)18(25)14-10-19-24-8-7-22(3)17(14)24/h7-8,10,12-13H,4-6,9,11H2,1-3H3. The maximum atomic E-state index is 13.0. The van der Waals surface area contributed by atoms with E-state index in [0.717, 1.165) is 37.3 Å². The Balaban J connectivity index is 1.52. The first kappa shape index (κ1) is 16.8. The van der Waals surface area contributed by atoms with Gasteiger partial charge in [0.2, 0.25) is 5.89 Å². The molecule has 0 saturated carbocycles. The van der Waals surface area contributed by atoms with E-state index in [0.29, 0.717) is 23.9 Å². The molecule has 1 fully saturated rings. The second-order valence-electron chi connectivity index (χ2n) is 7.47. The minimum absolute atomic E-state index is 0.00780. The number of carbonyl (C=O) groups excluding carboxylic acids is 1. The number of aryl methyl sites for hydroxylation is 1. The maximum absolute atomic E-state index is 13.0. The van der Waals surface area contributed by atoms with Crippen LogP contribution in [0.1, 0.15) is 54.7 Å². The van der Waals surface area contributed by atoms with E-state index in [-0.39, 0.29) is 11.8 Å². The fourth-order valence-electron chi connectivity index (χ4n) is 3.62. The molecule has 0 aromatic carbocycles. The summed E-state index contributed by atoms with van der Waals surface area (Å²) in [6, 6.07) is 0. The number of carbonyl (C=O) groups is 1. The second-order valence-corrected chi connectivity index (χ2v) is 7.47. The average molecular weight is 356 g/mol. The fraction of sp³-hybridized carbons (Fsp3) is 0.556. The quantitative estimate of drug-likeness (QED) is 0.716. The van der Waals surface area contributed by atoms with Gasteiger partial charge in [0.05, 0.1) is 12.1 Å². The van der Waals surface area contributed by atoms with Gasteiger partial charge in [0.15, 0.2) is 5.82 Å². The Hall–Kier alpha value is -2.64. The lowest BCUT2D eigenvalue weighted by molar-refractivity contribution is 0.0697. The Morgan fingerprint density at radius 1 is 1.38 bits per heavy atom. The molecule has 1 saturated heterocycles. The van der Waals surface area contributed by atoms with Gasteiger partial charge in [-0.25, -0.2) is 4.52 Å². The van der Waals surface area contributed by atoms with E-state index in [9.17, 15) is 4.79 Å². The van der Waals surface area contributed by atoms with Crippen LogP contribution in [-0.2, 0) is 13.5 Å². The third kappa shape index (κ3) is 3.00. The highest BCUT2D eigenvalue weighted by molar-refractivity contribution is 5.99. The number of hydrogen-bond donors (Lipinski definition) is 0. The normalized spacial score (nSPS) is 18.2. The number of hydrogen-bond acceptors (Lipinski definition) is 5. The molecule has 1 aliphatic rings. The van der Waals surface area contributed by atoms with Crippen LogP contribution < -0.4 is 0 Å². The number of imidazole rings is 1. The molecular formula is C18H24N6O2. The molecular weight excluding hydrogens is 332 g/mol. The first-order valence-electron chi connectivity index (χ1n) is 9.13. The van der Waals surface area contributed by atoms with Crippen molar-refractivity contribution in [1.29, 1.82) is 0 Å². The van der Waals surface area contributed by atoms with Gasteiger partial charge >= 0.3 is 0 Å². The molecule has 8 heteroatoms.